The van der Waals surface area contributed by atoms with Crippen LogP contribution in [0.15, 0.2) is 23.8 Å². The van der Waals surface area contributed by atoms with Crippen molar-refractivity contribution in [1.29, 1.82) is 0 Å². The lowest BCUT2D eigenvalue weighted by Crippen LogP contribution is -2.55. The van der Waals surface area contributed by atoms with Crippen LogP contribution in [-0.4, -0.2) is 49.8 Å². The Labute approximate surface area is 143 Å². The molecule has 24 heavy (non-hydrogen) atoms. The molecule has 1 fully saturated rings. The highest BCUT2D eigenvalue weighted by Crippen LogP contribution is 2.32. The third kappa shape index (κ3) is 2.85. The van der Waals surface area contributed by atoms with Crippen LogP contribution in [-0.2, 0) is 9.59 Å². The van der Waals surface area contributed by atoms with Crippen molar-refractivity contribution in [2.75, 3.05) is 13.1 Å². The highest BCUT2D eigenvalue weighted by atomic mass is 32.1. The summed E-state index contributed by atoms with van der Waals surface area (Å²) < 4.78 is 0. The minimum Gasteiger partial charge on any atom is -0.502 e. The first kappa shape index (κ1) is 17.5. The van der Waals surface area contributed by atoms with Crippen LogP contribution in [0.25, 0.3) is 6.08 Å². The zero-order chi connectivity index (χ0) is 18.0. The first-order valence-corrected chi connectivity index (χ1v) is 7.60. The Morgan fingerprint density at radius 3 is 2.21 bits per heavy atom. The minimum atomic E-state index is -0.742. The van der Waals surface area contributed by atoms with E-state index in [4.69, 9.17) is 12.2 Å². The Hall–Kier alpha value is -2.81. The smallest absolute Gasteiger partial charge is 0.311 e. The molecule has 126 valence electrons. The summed E-state index contributed by atoms with van der Waals surface area (Å²) in [6, 6.07) is 3.88. The number of phenolic OH excluding ortho intramolecular Hbond substituents is 1. The molecule has 8 nitrogen and oxygen atoms in total. The fourth-order valence-corrected chi connectivity index (χ4v) is 2.77. The second-order valence-corrected chi connectivity index (χ2v) is 5.28. The van der Waals surface area contributed by atoms with Crippen molar-refractivity contribution in [3.63, 3.8) is 0 Å². The van der Waals surface area contributed by atoms with Crippen molar-refractivity contribution in [3.05, 3.63) is 39.4 Å². The number of amides is 2. The van der Waals surface area contributed by atoms with Crippen LogP contribution in [0.4, 0.5) is 5.69 Å². The van der Waals surface area contributed by atoms with E-state index in [1.165, 1.54) is 21.9 Å². The Kier molecular flexibility index (Phi) is 4.93. The number of nitro benzene ring substituents is 1. The molecule has 0 spiro atoms. The number of carbonyl (C=O) groups excluding carboxylic acids is 2. The average Bonchev–Trinajstić information content (AvgIpc) is 2.53. The zero-order valence-electron chi connectivity index (χ0n) is 13.1. The number of nitrogens with zero attached hydrogens (tertiary/aromatic N) is 3. The fraction of sp³-hybridized carbons (Fsp3) is 0.267. The lowest BCUT2D eigenvalue weighted by atomic mass is 10.0. The molecule has 1 N–H and O–H groups in total. The van der Waals surface area contributed by atoms with E-state index in [9.17, 15) is 24.8 Å². The van der Waals surface area contributed by atoms with E-state index in [1.807, 2.05) is 0 Å². The topological polar surface area (TPSA) is 104 Å². The molecule has 0 atom stereocenters. The third-order valence-corrected chi connectivity index (χ3v) is 4.03. The van der Waals surface area contributed by atoms with E-state index >= 15 is 0 Å². The van der Waals surface area contributed by atoms with Gasteiger partial charge in [-0.3, -0.25) is 29.5 Å². The summed E-state index contributed by atoms with van der Waals surface area (Å²) in [6.07, 6.45) is 1.15. The molecule has 1 aromatic carbocycles. The molecule has 0 aromatic heterocycles. The first-order chi connectivity index (χ1) is 11.3. The molecule has 0 saturated carbocycles. The summed E-state index contributed by atoms with van der Waals surface area (Å²) in [4.78, 5) is 37.6. The molecule has 1 saturated heterocycles. The largest absolute Gasteiger partial charge is 0.502 e. The number of thiocarbonyl (C=S) groups is 1. The van der Waals surface area contributed by atoms with Gasteiger partial charge in [0.25, 0.3) is 11.8 Å². The van der Waals surface area contributed by atoms with Crippen molar-refractivity contribution >= 4 is 40.9 Å². The van der Waals surface area contributed by atoms with E-state index in [1.54, 1.807) is 13.8 Å². The van der Waals surface area contributed by atoms with E-state index < -0.39 is 28.2 Å². The quantitative estimate of drug-likeness (QED) is 0.292. The summed E-state index contributed by atoms with van der Waals surface area (Å²) in [5.74, 6) is -1.79. The van der Waals surface area contributed by atoms with Gasteiger partial charge in [-0.25, -0.2) is 0 Å². The van der Waals surface area contributed by atoms with Crippen molar-refractivity contribution in [3.8, 4) is 5.75 Å². The number of likely N-dealkylation sites (N-methyl/N-ethyl adjacent to an activating group) is 2. The van der Waals surface area contributed by atoms with Crippen LogP contribution >= 0.6 is 12.2 Å². The number of aromatic hydroxyl groups is 1. The lowest BCUT2D eigenvalue weighted by Gasteiger charge is -2.35. The molecule has 0 radical (unpaired) electrons. The first-order valence-electron chi connectivity index (χ1n) is 7.19. The molecule has 2 amide bonds. The van der Waals surface area contributed by atoms with E-state index in [0.29, 0.717) is 0 Å². The molecule has 1 aromatic rings. The van der Waals surface area contributed by atoms with Gasteiger partial charge in [0.1, 0.15) is 5.57 Å². The SMILES string of the molecule is CCN1C(=O)C(=Cc2cccc([N+](=O)[O-])c2O)C(=O)N(CC)C1=S. The Balaban J connectivity index is 2.57. The zero-order valence-corrected chi connectivity index (χ0v) is 13.9. The highest BCUT2D eigenvalue weighted by Gasteiger charge is 2.38. The van der Waals surface area contributed by atoms with Gasteiger partial charge in [0.2, 0.25) is 5.75 Å². The van der Waals surface area contributed by atoms with Gasteiger partial charge in [-0.1, -0.05) is 12.1 Å². The maximum atomic E-state index is 12.5. The number of hydrogen-bond donors (Lipinski definition) is 1. The van der Waals surface area contributed by atoms with Gasteiger partial charge < -0.3 is 5.11 Å². The maximum absolute atomic E-state index is 12.5. The monoisotopic (exact) mass is 349 g/mol. The summed E-state index contributed by atoms with van der Waals surface area (Å²) in [5, 5.41) is 21.0. The summed E-state index contributed by atoms with van der Waals surface area (Å²) in [6.45, 7) is 3.99. The summed E-state index contributed by atoms with van der Waals surface area (Å²) in [5.41, 5.74) is -0.695. The van der Waals surface area contributed by atoms with Crippen molar-refractivity contribution in [2.24, 2.45) is 0 Å². The molecule has 0 aliphatic carbocycles. The average molecular weight is 349 g/mol. The van der Waals surface area contributed by atoms with E-state index in [2.05, 4.69) is 0 Å². The Morgan fingerprint density at radius 2 is 1.75 bits per heavy atom. The van der Waals surface area contributed by atoms with Gasteiger partial charge in [0.15, 0.2) is 5.11 Å². The normalized spacial score (nSPS) is 15.1. The number of benzene rings is 1. The molecule has 0 bridgehead atoms. The Bertz CT molecular complexity index is 746. The molecule has 0 unspecified atom stereocenters. The van der Waals surface area contributed by atoms with E-state index in [0.717, 1.165) is 12.1 Å². The molecular formula is C15H15N3O5S. The Morgan fingerprint density at radius 1 is 1.21 bits per heavy atom. The van der Waals surface area contributed by atoms with Crippen molar-refractivity contribution in [1.82, 2.24) is 9.80 Å². The van der Waals surface area contributed by atoms with Gasteiger partial charge in [-0.2, -0.15) is 0 Å². The molecule has 1 heterocycles. The van der Waals surface area contributed by atoms with Crippen LogP contribution < -0.4 is 0 Å². The van der Waals surface area contributed by atoms with Gasteiger partial charge >= 0.3 is 5.69 Å². The summed E-state index contributed by atoms with van der Waals surface area (Å²) >= 11 is 5.14. The molecule has 2 rings (SSSR count). The minimum absolute atomic E-state index is 0.0147. The number of phenols is 1. The predicted molar refractivity (Wildman–Crippen MR) is 90.1 cm³/mol. The molecule has 9 heteroatoms. The number of carbonyl (C=O) groups is 2. The second-order valence-electron chi connectivity index (χ2n) is 4.91. The van der Waals surface area contributed by atoms with Crippen LogP contribution in [0, 0.1) is 10.1 Å². The van der Waals surface area contributed by atoms with Gasteiger partial charge in [-0.15, -0.1) is 0 Å². The van der Waals surface area contributed by atoms with Crippen LogP contribution in [0.5, 0.6) is 5.75 Å². The lowest BCUT2D eigenvalue weighted by molar-refractivity contribution is -0.385. The second kappa shape index (κ2) is 6.75. The number of hydrogen-bond acceptors (Lipinski definition) is 6. The van der Waals surface area contributed by atoms with Crippen molar-refractivity contribution < 1.29 is 19.6 Å². The fourth-order valence-electron chi connectivity index (χ4n) is 2.35. The standard InChI is InChI=1S/C15H15N3O5S/c1-3-16-13(20)10(14(21)17(4-2)15(16)24)8-9-6-5-7-11(12(9)19)18(22)23/h5-8,19H,3-4H2,1-2H3. The van der Waals surface area contributed by atoms with Crippen LogP contribution in [0.2, 0.25) is 0 Å². The number of nitro groups is 1. The van der Waals surface area contributed by atoms with Crippen molar-refractivity contribution in [2.45, 2.75) is 13.8 Å². The molecular weight excluding hydrogens is 334 g/mol. The number of rotatable bonds is 4. The summed E-state index contributed by atoms with van der Waals surface area (Å²) in [7, 11) is 0. The van der Waals surface area contributed by atoms with Gasteiger partial charge in [0, 0.05) is 24.7 Å². The van der Waals surface area contributed by atoms with Crippen LogP contribution in [0.3, 0.4) is 0 Å². The number of para-hydroxylation sites is 1. The van der Waals surface area contributed by atoms with Gasteiger partial charge in [-0.05, 0) is 32.1 Å². The molecule has 1 aliphatic rings. The maximum Gasteiger partial charge on any atom is 0.311 e. The molecule has 1 aliphatic heterocycles. The van der Waals surface area contributed by atoms with Gasteiger partial charge in [0.05, 0.1) is 4.92 Å². The van der Waals surface area contributed by atoms with Crippen LogP contribution in [0.1, 0.15) is 19.4 Å². The van der Waals surface area contributed by atoms with E-state index in [-0.39, 0.29) is 29.3 Å². The predicted octanol–water partition coefficient (Wildman–Crippen LogP) is 1.68. The third-order valence-electron chi connectivity index (χ3n) is 3.59. The highest BCUT2D eigenvalue weighted by molar-refractivity contribution is 7.80.